The van der Waals surface area contributed by atoms with Crippen molar-refractivity contribution in [3.05, 3.63) is 47.5 Å². The number of carboxylic acid groups (broad SMARTS) is 1. The molecule has 1 aromatic heterocycles. The molecule has 2 rings (SSSR count). The first-order valence-electron chi connectivity index (χ1n) is 6.08. The Bertz CT molecular complexity index is 671. The average Bonchev–Trinajstić information content (AvgIpc) is 2.90. The number of amides is 1. The van der Waals surface area contributed by atoms with E-state index in [9.17, 15) is 14.0 Å². The van der Waals surface area contributed by atoms with E-state index in [0.29, 0.717) is 5.56 Å². The van der Waals surface area contributed by atoms with Gasteiger partial charge in [-0.25, -0.2) is 13.9 Å². The van der Waals surface area contributed by atoms with Crippen LogP contribution in [-0.4, -0.2) is 43.9 Å². The second-order valence-corrected chi connectivity index (χ2v) is 4.45. The molecule has 110 valence electrons. The quantitative estimate of drug-likeness (QED) is 0.879. The van der Waals surface area contributed by atoms with Crippen LogP contribution in [0.5, 0.6) is 0 Å². The lowest BCUT2D eigenvalue weighted by atomic mass is 10.2. The summed E-state index contributed by atoms with van der Waals surface area (Å²) in [6.07, 6.45) is 1.16. The molecule has 8 heteroatoms. The summed E-state index contributed by atoms with van der Waals surface area (Å²) in [6, 6.07) is 6.18. The van der Waals surface area contributed by atoms with Gasteiger partial charge in [-0.3, -0.25) is 4.79 Å². The molecule has 1 N–H and O–H groups in total. The summed E-state index contributed by atoms with van der Waals surface area (Å²) < 4.78 is 14.6. The first-order chi connectivity index (χ1) is 9.97. The van der Waals surface area contributed by atoms with Crippen LogP contribution in [0.15, 0.2) is 30.5 Å². The van der Waals surface area contributed by atoms with Crippen LogP contribution in [0.1, 0.15) is 16.1 Å². The number of halogens is 1. The molecule has 1 heterocycles. The summed E-state index contributed by atoms with van der Waals surface area (Å²) in [6.45, 7) is -0.0444. The third-order valence-corrected chi connectivity index (χ3v) is 2.85. The number of hydrogen-bond donors (Lipinski definition) is 1. The number of likely N-dealkylation sites (N-methyl/N-ethyl adjacent to an activating group) is 1. The molecule has 0 unspecified atom stereocenters. The minimum absolute atomic E-state index is 0.117. The van der Waals surface area contributed by atoms with Crippen LogP contribution in [0.2, 0.25) is 0 Å². The van der Waals surface area contributed by atoms with Gasteiger partial charge in [-0.15, -0.1) is 5.10 Å². The number of carbonyl (C=O) groups excluding carboxylic acids is 1. The van der Waals surface area contributed by atoms with Gasteiger partial charge >= 0.3 is 5.97 Å². The summed E-state index contributed by atoms with van der Waals surface area (Å²) >= 11 is 0. The van der Waals surface area contributed by atoms with Crippen LogP contribution in [0.25, 0.3) is 0 Å². The average molecular weight is 292 g/mol. The van der Waals surface area contributed by atoms with E-state index >= 15 is 0 Å². The summed E-state index contributed by atoms with van der Waals surface area (Å²) in [5.74, 6) is -1.93. The van der Waals surface area contributed by atoms with E-state index in [1.165, 1.54) is 18.0 Å². The monoisotopic (exact) mass is 292 g/mol. The number of hydrogen-bond acceptors (Lipinski definition) is 4. The molecular weight excluding hydrogens is 279 g/mol. The molecule has 0 aliphatic carbocycles. The third kappa shape index (κ3) is 3.62. The highest BCUT2D eigenvalue weighted by Crippen LogP contribution is 2.09. The molecule has 0 bridgehead atoms. The van der Waals surface area contributed by atoms with E-state index < -0.39 is 5.97 Å². The van der Waals surface area contributed by atoms with Crippen molar-refractivity contribution in [2.45, 2.75) is 13.1 Å². The number of rotatable bonds is 5. The Balaban J connectivity index is 1.99. The van der Waals surface area contributed by atoms with Gasteiger partial charge in [0, 0.05) is 19.2 Å². The highest BCUT2D eigenvalue weighted by atomic mass is 19.1. The maximum Gasteiger partial charge on any atom is 0.358 e. The molecule has 0 fully saturated rings. The Labute approximate surface area is 119 Å². The van der Waals surface area contributed by atoms with Gasteiger partial charge in [-0.2, -0.15) is 0 Å². The molecule has 0 aliphatic heterocycles. The molecule has 0 atom stereocenters. The zero-order valence-electron chi connectivity index (χ0n) is 11.2. The molecule has 0 saturated carbocycles. The van der Waals surface area contributed by atoms with Gasteiger partial charge in [0.15, 0.2) is 5.69 Å². The third-order valence-electron chi connectivity index (χ3n) is 2.85. The van der Waals surface area contributed by atoms with Crippen molar-refractivity contribution in [3.63, 3.8) is 0 Å². The standard InChI is InChI=1S/C13H13FN4O3/c1-17(6-9-4-2-3-5-10(9)14)12(19)8-18-7-11(13(20)21)15-16-18/h2-5,7H,6,8H2,1H3,(H,20,21). The van der Waals surface area contributed by atoms with Gasteiger partial charge in [0.25, 0.3) is 0 Å². The number of aromatic carboxylic acids is 1. The lowest BCUT2D eigenvalue weighted by molar-refractivity contribution is -0.131. The van der Waals surface area contributed by atoms with Crippen molar-refractivity contribution in [1.82, 2.24) is 19.9 Å². The van der Waals surface area contributed by atoms with Gasteiger partial charge in [0.2, 0.25) is 5.91 Å². The SMILES string of the molecule is CN(Cc1ccccc1F)C(=O)Cn1cc(C(=O)O)nn1. The topological polar surface area (TPSA) is 88.3 Å². The zero-order valence-corrected chi connectivity index (χ0v) is 11.2. The smallest absolute Gasteiger partial charge is 0.358 e. The molecule has 0 aliphatic rings. The molecule has 1 amide bonds. The number of carbonyl (C=O) groups is 2. The maximum absolute atomic E-state index is 13.5. The predicted octanol–water partition coefficient (Wildman–Crippen LogP) is 0.774. The lowest BCUT2D eigenvalue weighted by Gasteiger charge is -2.17. The minimum atomic E-state index is -1.21. The number of aromatic nitrogens is 3. The summed E-state index contributed by atoms with van der Waals surface area (Å²) in [7, 11) is 1.53. The highest BCUT2D eigenvalue weighted by molar-refractivity contribution is 5.84. The Morgan fingerprint density at radius 1 is 1.38 bits per heavy atom. The van der Waals surface area contributed by atoms with E-state index in [-0.39, 0.29) is 30.5 Å². The zero-order chi connectivity index (χ0) is 15.4. The molecule has 0 spiro atoms. The first kappa shape index (κ1) is 14.6. The van der Waals surface area contributed by atoms with Gasteiger partial charge in [-0.1, -0.05) is 23.4 Å². The summed E-state index contributed by atoms with van der Waals surface area (Å²) in [4.78, 5) is 24.0. The van der Waals surface area contributed by atoms with Crippen molar-refractivity contribution in [3.8, 4) is 0 Å². The lowest BCUT2D eigenvalue weighted by Crippen LogP contribution is -2.30. The maximum atomic E-state index is 13.5. The van der Waals surface area contributed by atoms with E-state index in [0.717, 1.165) is 10.9 Å². The summed E-state index contributed by atoms with van der Waals surface area (Å²) in [5.41, 5.74) is 0.165. The van der Waals surface area contributed by atoms with E-state index in [4.69, 9.17) is 5.11 Å². The van der Waals surface area contributed by atoms with Crippen LogP contribution in [0.4, 0.5) is 4.39 Å². The largest absolute Gasteiger partial charge is 0.476 e. The molecule has 21 heavy (non-hydrogen) atoms. The van der Waals surface area contributed by atoms with E-state index in [1.54, 1.807) is 18.2 Å². The first-order valence-corrected chi connectivity index (χ1v) is 6.08. The molecule has 0 radical (unpaired) electrons. The van der Waals surface area contributed by atoms with E-state index in [2.05, 4.69) is 10.3 Å². The Morgan fingerprint density at radius 3 is 2.71 bits per heavy atom. The molecule has 2 aromatic rings. The molecule has 7 nitrogen and oxygen atoms in total. The van der Waals surface area contributed by atoms with Crippen molar-refractivity contribution >= 4 is 11.9 Å². The Morgan fingerprint density at radius 2 is 2.10 bits per heavy atom. The van der Waals surface area contributed by atoms with Crippen LogP contribution < -0.4 is 0 Å². The Kier molecular flexibility index (Phi) is 4.27. The number of carboxylic acids is 1. The molecule has 1 aromatic carbocycles. The van der Waals surface area contributed by atoms with Gasteiger partial charge < -0.3 is 10.0 Å². The second-order valence-electron chi connectivity index (χ2n) is 4.45. The summed E-state index contributed by atoms with van der Waals surface area (Å²) in [5, 5.41) is 15.7. The van der Waals surface area contributed by atoms with Gasteiger partial charge in [0.1, 0.15) is 12.4 Å². The van der Waals surface area contributed by atoms with Crippen LogP contribution in [0, 0.1) is 5.82 Å². The number of nitrogens with zero attached hydrogens (tertiary/aromatic N) is 4. The number of benzene rings is 1. The Hall–Kier alpha value is -2.77. The van der Waals surface area contributed by atoms with Crippen molar-refractivity contribution in [1.29, 1.82) is 0 Å². The normalized spacial score (nSPS) is 10.4. The van der Waals surface area contributed by atoms with Crippen LogP contribution in [-0.2, 0) is 17.9 Å². The molecular formula is C13H13FN4O3. The van der Waals surface area contributed by atoms with Crippen molar-refractivity contribution < 1.29 is 19.1 Å². The van der Waals surface area contributed by atoms with Crippen LogP contribution in [0.3, 0.4) is 0 Å². The predicted molar refractivity (Wildman–Crippen MR) is 69.9 cm³/mol. The van der Waals surface area contributed by atoms with Crippen molar-refractivity contribution in [2.75, 3.05) is 7.05 Å². The fourth-order valence-electron chi connectivity index (χ4n) is 1.70. The second kappa shape index (κ2) is 6.12. The van der Waals surface area contributed by atoms with Gasteiger partial charge in [0.05, 0.1) is 6.20 Å². The van der Waals surface area contributed by atoms with Crippen LogP contribution >= 0.6 is 0 Å². The minimum Gasteiger partial charge on any atom is -0.476 e. The van der Waals surface area contributed by atoms with Crippen molar-refractivity contribution in [2.24, 2.45) is 0 Å². The van der Waals surface area contributed by atoms with Gasteiger partial charge in [-0.05, 0) is 6.07 Å². The molecule has 0 saturated heterocycles. The fraction of sp³-hybridized carbons (Fsp3) is 0.231. The fourth-order valence-corrected chi connectivity index (χ4v) is 1.70. The van der Waals surface area contributed by atoms with E-state index in [1.807, 2.05) is 0 Å². The highest BCUT2D eigenvalue weighted by Gasteiger charge is 2.14.